The van der Waals surface area contributed by atoms with Gasteiger partial charge >= 0.3 is 0 Å². The molecule has 1 N–H and O–H groups in total. The van der Waals surface area contributed by atoms with Gasteiger partial charge in [-0.2, -0.15) is 0 Å². The van der Waals surface area contributed by atoms with Gasteiger partial charge in [0.1, 0.15) is 5.75 Å². The van der Waals surface area contributed by atoms with Gasteiger partial charge in [-0.05, 0) is 52.2 Å². The molecule has 0 radical (unpaired) electrons. The summed E-state index contributed by atoms with van der Waals surface area (Å²) in [5.74, 6) is 1.04. The molecular weight excluding hydrogens is 210 g/mol. The highest BCUT2D eigenvalue weighted by atomic mass is 16.5. The fourth-order valence-electron chi connectivity index (χ4n) is 2.71. The molecule has 94 valence electrons. The number of hydrogen-bond acceptors (Lipinski definition) is 2. The standard InChI is InChI=1S/C15H23NO/c1-14(2)9-10-17-13-8-6-5-7-12(13)11-15(3,4)16-14/h5-8,16H,9-11H2,1-4H3. The molecule has 0 fully saturated rings. The average molecular weight is 233 g/mol. The van der Waals surface area contributed by atoms with Crippen LogP contribution in [0.4, 0.5) is 0 Å². The van der Waals surface area contributed by atoms with Crippen LogP contribution in [0, 0.1) is 0 Å². The average Bonchev–Trinajstić information content (AvgIpc) is 2.21. The van der Waals surface area contributed by atoms with Crippen LogP contribution in [0.25, 0.3) is 0 Å². The molecule has 0 aromatic heterocycles. The molecule has 0 amide bonds. The molecule has 1 aromatic carbocycles. The number of benzene rings is 1. The van der Waals surface area contributed by atoms with E-state index in [1.165, 1.54) is 5.56 Å². The molecule has 17 heavy (non-hydrogen) atoms. The van der Waals surface area contributed by atoms with Gasteiger partial charge in [0.05, 0.1) is 6.61 Å². The minimum Gasteiger partial charge on any atom is -0.493 e. The molecule has 0 aliphatic carbocycles. The second kappa shape index (κ2) is 4.34. The van der Waals surface area contributed by atoms with Gasteiger partial charge in [-0.3, -0.25) is 0 Å². The molecule has 0 bridgehead atoms. The van der Waals surface area contributed by atoms with Gasteiger partial charge < -0.3 is 10.1 Å². The van der Waals surface area contributed by atoms with Crippen molar-refractivity contribution in [1.29, 1.82) is 0 Å². The smallest absolute Gasteiger partial charge is 0.122 e. The third-order valence-corrected chi connectivity index (χ3v) is 3.27. The van der Waals surface area contributed by atoms with Crippen LogP contribution < -0.4 is 10.1 Å². The highest BCUT2D eigenvalue weighted by Crippen LogP contribution is 2.27. The maximum absolute atomic E-state index is 5.90. The van der Waals surface area contributed by atoms with Crippen molar-refractivity contribution < 1.29 is 4.74 Å². The Hall–Kier alpha value is -1.02. The lowest BCUT2D eigenvalue weighted by molar-refractivity contribution is 0.218. The zero-order valence-electron chi connectivity index (χ0n) is 11.3. The van der Waals surface area contributed by atoms with E-state index in [9.17, 15) is 0 Å². The van der Waals surface area contributed by atoms with E-state index in [2.05, 4.69) is 51.2 Å². The van der Waals surface area contributed by atoms with Gasteiger partial charge in [-0.15, -0.1) is 0 Å². The Morgan fingerprint density at radius 1 is 1.06 bits per heavy atom. The zero-order valence-corrected chi connectivity index (χ0v) is 11.3. The fraction of sp³-hybridized carbons (Fsp3) is 0.600. The van der Waals surface area contributed by atoms with Crippen LogP contribution in [-0.2, 0) is 6.42 Å². The highest BCUT2D eigenvalue weighted by molar-refractivity contribution is 5.35. The normalized spacial score (nSPS) is 22.6. The lowest BCUT2D eigenvalue weighted by atomic mass is 9.90. The Morgan fingerprint density at radius 2 is 1.76 bits per heavy atom. The van der Waals surface area contributed by atoms with E-state index in [1.54, 1.807) is 0 Å². The SMILES string of the molecule is CC1(C)CCOc2ccccc2CC(C)(C)N1. The lowest BCUT2D eigenvalue weighted by Gasteiger charge is -2.36. The first-order chi connectivity index (χ1) is 7.88. The molecule has 2 heteroatoms. The Morgan fingerprint density at radius 3 is 2.53 bits per heavy atom. The molecule has 1 heterocycles. The van der Waals surface area contributed by atoms with Crippen LogP contribution in [0.1, 0.15) is 39.7 Å². The van der Waals surface area contributed by atoms with Gasteiger partial charge in [0.25, 0.3) is 0 Å². The summed E-state index contributed by atoms with van der Waals surface area (Å²) in [5, 5.41) is 3.74. The number of hydrogen-bond donors (Lipinski definition) is 1. The first kappa shape index (κ1) is 12.4. The predicted octanol–water partition coefficient (Wildman–Crippen LogP) is 3.16. The van der Waals surface area contributed by atoms with Gasteiger partial charge in [0.2, 0.25) is 0 Å². The molecule has 1 aliphatic rings. The van der Waals surface area contributed by atoms with Gasteiger partial charge in [0, 0.05) is 11.1 Å². The number of rotatable bonds is 0. The molecule has 0 atom stereocenters. The van der Waals surface area contributed by atoms with E-state index < -0.39 is 0 Å². The van der Waals surface area contributed by atoms with E-state index >= 15 is 0 Å². The Labute approximate surface area is 104 Å². The summed E-state index contributed by atoms with van der Waals surface area (Å²) >= 11 is 0. The summed E-state index contributed by atoms with van der Waals surface area (Å²) in [6.07, 6.45) is 2.01. The quantitative estimate of drug-likeness (QED) is 0.743. The van der Waals surface area contributed by atoms with Crippen molar-refractivity contribution in [3.63, 3.8) is 0 Å². The van der Waals surface area contributed by atoms with Crippen LogP contribution >= 0.6 is 0 Å². The minimum absolute atomic E-state index is 0.0906. The van der Waals surface area contributed by atoms with Crippen LogP contribution in [0.15, 0.2) is 24.3 Å². The summed E-state index contributed by atoms with van der Waals surface area (Å²) in [7, 11) is 0. The largest absolute Gasteiger partial charge is 0.493 e. The van der Waals surface area contributed by atoms with Crippen LogP contribution in [0.3, 0.4) is 0 Å². The molecule has 0 unspecified atom stereocenters. The van der Waals surface area contributed by atoms with Crippen molar-refractivity contribution in [1.82, 2.24) is 5.32 Å². The molecule has 0 saturated heterocycles. The summed E-state index contributed by atoms with van der Waals surface area (Å²) in [4.78, 5) is 0. The molecule has 2 rings (SSSR count). The molecule has 0 saturated carbocycles. The Kier molecular flexibility index (Phi) is 3.17. The number of para-hydroxylation sites is 1. The van der Waals surface area contributed by atoms with Crippen molar-refractivity contribution in [2.75, 3.05) is 6.61 Å². The van der Waals surface area contributed by atoms with Crippen molar-refractivity contribution >= 4 is 0 Å². The first-order valence-corrected chi connectivity index (χ1v) is 6.38. The second-order valence-corrected chi connectivity index (χ2v) is 6.28. The van der Waals surface area contributed by atoms with Gasteiger partial charge in [0.15, 0.2) is 0 Å². The fourth-order valence-corrected chi connectivity index (χ4v) is 2.71. The molecule has 1 aliphatic heterocycles. The van der Waals surface area contributed by atoms with Crippen LogP contribution in [0.2, 0.25) is 0 Å². The monoisotopic (exact) mass is 233 g/mol. The summed E-state index contributed by atoms with van der Waals surface area (Å²) < 4.78 is 5.90. The zero-order chi connectivity index (χ0) is 12.5. The Bertz CT molecular complexity index is 396. The van der Waals surface area contributed by atoms with E-state index in [0.29, 0.717) is 0 Å². The third kappa shape index (κ3) is 3.22. The van der Waals surface area contributed by atoms with Crippen molar-refractivity contribution in [2.45, 2.75) is 51.6 Å². The van der Waals surface area contributed by atoms with Crippen LogP contribution in [0.5, 0.6) is 5.75 Å². The molecule has 2 nitrogen and oxygen atoms in total. The number of fused-ring (bicyclic) bond motifs is 1. The first-order valence-electron chi connectivity index (χ1n) is 6.38. The maximum Gasteiger partial charge on any atom is 0.122 e. The van der Waals surface area contributed by atoms with E-state index in [0.717, 1.165) is 25.2 Å². The summed E-state index contributed by atoms with van der Waals surface area (Å²) in [5.41, 5.74) is 1.50. The number of ether oxygens (including phenoxy) is 1. The maximum atomic E-state index is 5.90. The second-order valence-electron chi connectivity index (χ2n) is 6.28. The molecule has 1 aromatic rings. The molecular formula is C15H23NO. The predicted molar refractivity (Wildman–Crippen MR) is 71.6 cm³/mol. The van der Waals surface area contributed by atoms with Crippen molar-refractivity contribution in [3.05, 3.63) is 29.8 Å². The highest BCUT2D eigenvalue weighted by Gasteiger charge is 2.29. The Balaban J connectivity index is 2.31. The summed E-state index contributed by atoms with van der Waals surface area (Å²) in [6.45, 7) is 9.78. The topological polar surface area (TPSA) is 21.3 Å². The van der Waals surface area contributed by atoms with E-state index in [4.69, 9.17) is 4.74 Å². The third-order valence-electron chi connectivity index (χ3n) is 3.27. The van der Waals surface area contributed by atoms with Gasteiger partial charge in [-0.1, -0.05) is 18.2 Å². The van der Waals surface area contributed by atoms with E-state index in [1.807, 2.05) is 6.07 Å². The van der Waals surface area contributed by atoms with Gasteiger partial charge in [-0.25, -0.2) is 0 Å². The van der Waals surface area contributed by atoms with Crippen molar-refractivity contribution in [2.24, 2.45) is 0 Å². The lowest BCUT2D eigenvalue weighted by Crippen LogP contribution is -2.53. The summed E-state index contributed by atoms with van der Waals surface area (Å²) in [6, 6.07) is 8.37. The molecule has 0 spiro atoms. The van der Waals surface area contributed by atoms with Crippen molar-refractivity contribution in [3.8, 4) is 5.75 Å². The van der Waals surface area contributed by atoms with E-state index in [-0.39, 0.29) is 11.1 Å². The van der Waals surface area contributed by atoms with Crippen LogP contribution in [-0.4, -0.2) is 17.7 Å². The minimum atomic E-state index is 0.0906. The number of nitrogens with one attached hydrogen (secondary N) is 1.